The number of fused-ring (bicyclic) bond motifs is 1. The number of carbonyl (C=O) groups excluding carboxylic acids is 2. The molecule has 0 aromatic heterocycles. The van der Waals surface area contributed by atoms with Crippen LogP contribution in [-0.4, -0.2) is 43.2 Å². The lowest BCUT2D eigenvalue weighted by atomic mass is 9.90. The number of rotatable bonds is 9. The van der Waals surface area contributed by atoms with Gasteiger partial charge < -0.3 is 15.0 Å². The van der Waals surface area contributed by atoms with Crippen LogP contribution in [0.3, 0.4) is 0 Å². The second-order valence-corrected chi connectivity index (χ2v) is 9.06. The van der Waals surface area contributed by atoms with Crippen molar-refractivity contribution in [3.63, 3.8) is 0 Å². The number of nitrogens with zero attached hydrogens (tertiary/aromatic N) is 2. The van der Waals surface area contributed by atoms with Crippen LogP contribution in [0.1, 0.15) is 41.5 Å². The van der Waals surface area contributed by atoms with E-state index in [0.29, 0.717) is 36.4 Å². The standard InChI is InChI=1S/C29H30FN3O3/c1-4-36-26(34)16-9-19-5-10-21(11-6-19)28(31-23-13-7-20(8-14-23)18-33(2)3)27-24-15-12-22(30)17-25(24)32-29(27)35/h5-8,10-15,17,27H,4,9,16,18H2,1-3H3,(H,32,35). The molecule has 1 amide bonds. The van der Waals surface area contributed by atoms with E-state index in [-0.39, 0.29) is 11.9 Å². The van der Waals surface area contributed by atoms with Crippen LogP contribution in [0.25, 0.3) is 0 Å². The summed E-state index contributed by atoms with van der Waals surface area (Å²) in [5.41, 5.74) is 5.38. The molecule has 1 atom stereocenters. The number of aryl methyl sites for hydroxylation is 1. The van der Waals surface area contributed by atoms with Crippen LogP contribution < -0.4 is 5.32 Å². The average molecular weight is 488 g/mol. The van der Waals surface area contributed by atoms with Crippen molar-refractivity contribution in [3.8, 4) is 0 Å². The van der Waals surface area contributed by atoms with Gasteiger partial charge in [-0.25, -0.2) is 4.39 Å². The Labute approximate surface area is 210 Å². The molecule has 7 heteroatoms. The quantitative estimate of drug-likeness (QED) is 0.331. The van der Waals surface area contributed by atoms with Crippen LogP contribution >= 0.6 is 0 Å². The molecule has 186 valence electrons. The predicted molar refractivity (Wildman–Crippen MR) is 139 cm³/mol. The molecule has 0 saturated heterocycles. The summed E-state index contributed by atoms with van der Waals surface area (Å²) in [6, 6.07) is 19.9. The van der Waals surface area contributed by atoms with Crippen LogP contribution in [-0.2, 0) is 27.3 Å². The van der Waals surface area contributed by atoms with E-state index >= 15 is 0 Å². The zero-order chi connectivity index (χ0) is 25.7. The van der Waals surface area contributed by atoms with Crippen molar-refractivity contribution in [2.45, 2.75) is 32.2 Å². The Balaban J connectivity index is 1.68. The first-order valence-electron chi connectivity index (χ1n) is 12.0. The highest BCUT2D eigenvalue weighted by atomic mass is 19.1. The van der Waals surface area contributed by atoms with Gasteiger partial charge in [-0.15, -0.1) is 0 Å². The number of aliphatic imine (C=N–C) groups is 1. The van der Waals surface area contributed by atoms with E-state index in [2.05, 4.69) is 10.2 Å². The molecular formula is C29H30FN3O3. The van der Waals surface area contributed by atoms with E-state index in [1.54, 1.807) is 13.0 Å². The Morgan fingerprint density at radius 1 is 1.03 bits per heavy atom. The van der Waals surface area contributed by atoms with Crippen molar-refractivity contribution in [1.82, 2.24) is 4.90 Å². The van der Waals surface area contributed by atoms with E-state index in [4.69, 9.17) is 9.73 Å². The summed E-state index contributed by atoms with van der Waals surface area (Å²) in [5, 5.41) is 2.79. The molecular weight excluding hydrogens is 457 g/mol. The molecule has 0 spiro atoms. The van der Waals surface area contributed by atoms with Crippen LogP contribution in [0.5, 0.6) is 0 Å². The normalized spacial score (nSPS) is 15.1. The van der Waals surface area contributed by atoms with E-state index in [1.807, 2.05) is 62.6 Å². The minimum absolute atomic E-state index is 0.229. The second-order valence-electron chi connectivity index (χ2n) is 9.06. The molecule has 1 heterocycles. The number of amides is 1. The largest absolute Gasteiger partial charge is 0.466 e. The van der Waals surface area contributed by atoms with Gasteiger partial charge in [-0.3, -0.25) is 14.6 Å². The molecule has 36 heavy (non-hydrogen) atoms. The van der Waals surface area contributed by atoms with Gasteiger partial charge in [0, 0.05) is 18.7 Å². The highest BCUT2D eigenvalue weighted by Crippen LogP contribution is 2.36. The lowest BCUT2D eigenvalue weighted by Crippen LogP contribution is -2.22. The smallest absolute Gasteiger partial charge is 0.306 e. The minimum atomic E-state index is -0.674. The van der Waals surface area contributed by atoms with E-state index in [1.165, 1.54) is 12.1 Å². The Kier molecular flexibility index (Phi) is 7.90. The van der Waals surface area contributed by atoms with Gasteiger partial charge >= 0.3 is 5.97 Å². The first-order chi connectivity index (χ1) is 17.3. The van der Waals surface area contributed by atoms with Gasteiger partial charge in [0.1, 0.15) is 11.7 Å². The SMILES string of the molecule is CCOC(=O)CCc1ccc(C(=Nc2ccc(CN(C)C)cc2)C2C(=O)Nc3cc(F)ccc32)cc1. The third-order valence-electron chi connectivity index (χ3n) is 5.98. The van der Waals surface area contributed by atoms with Crippen molar-refractivity contribution < 1.29 is 18.7 Å². The number of ether oxygens (including phenoxy) is 1. The molecule has 0 aliphatic carbocycles. The van der Waals surface area contributed by atoms with E-state index < -0.39 is 11.7 Å². The summed E-state index contributed by atoms with van der Waals surface area (Å²) in [6.45, 7) is 2.96. The summed E-state index contributed by atoms with van der Waals surface area (Å²) >= 11 is 0. The van der Waals surface area contributed by atoms with Crippen molar-refractivity contribution in [3.05, 3.63) is 94.8 Å². The van der Waals surface area contributed by atoms with Crippen molar-refractivity contribution in [2.75, 3.05) is 26.0 Å². The number of hydrogen-bond acceptors (Lipinski definition) is 5. The van der Waals surface area contributed by atoms with Crippen LogP contribution in [0.15, 0.2) is 71.7 Å². The molecule has 0 saturated carbocycles. The monoisotopic (exact) mass is 487 g/mol. The average Bonchev–Trinajstić information content (AvgIpc) is 3.17. The van der Waals surface area contributed by atoms with Gasteiger partial charge in [-0.05, 0) is 74.0 Å². The number of hydrogen-bond donors (Lipinski definition) is 1. The molecule has 3 aromatic carbocycles. The fourth-order valence-corrected chi connectivity index (χ4v) is 4.30. The third-order valence-corrected chi connectivity index (χ3v) is 5.98. The predicted octanol–water partition coefficient (Wildman–Crippen LogP) is 5.24. The topological polar surface area (TPSA) is 71.0 Å². The van der Waals surface area contributed by atoms with Crippen LogP contribution in [0, 0.1) is 5.82 Å². The minimum Gasteiger partial charge on any atom is -0.466 e. The molecule has 6 nitrogen and oxygen atoms in total. The van der Waals surface area contributed by atoms with Gasteiger partial charge in [0.25, 0.3) is 0 Å². The molecule has 0 fully saturated rings. The molecule has 1 N–H and O–H groups in total. The highest BCUT2D eigenvalue weighted by molar-refractivity contribution is 6.24. The molecule has 4 rings (SSSR count). The number of anilines is 1. The van der Waals surface area contributed by atoms with Gasteiger partial charge in [-0.1, -0.05) is 42.5 Å². The zero-order valence-electron chi connectivity index (χ0n) is 20.8. The lowest BCUT2D eigenvalue weighted by molar-refractivity contribution is -0.143. The highest BCUT2D eigenvalue weighted by Gasteiger charge is 2.35. The zero-order valence-corrected chi connectivity index (χ0v) is 20.8. The summed E-state index contributed by atoms with van der Waals surface area (Å²) in [5.74, 6) is -1.55. The maximum atomic E-state index is 13.8. The molecule has 3 aromatic rings. The van der Waals surface area contributed by atoms with Crippen molar-refractivity contribution in [1.29, 1.82) is 0 Å². The number of esters is 1. The van der Waals surface area contributed by atoms with Crippen LogP contribution in [0.2, 0.25) is 0 Å². The first kappa shape index (κ1) is 25.3. The number of benzene rings is 3. The van der Waals surface area contributed by atoms with Gasteiger partial charge in [0.2, 0.25) is 5.91 Å². The summed E-state index contributed by atoms with van der Waals surface area (Å²) in [4.78, 5) is 31.8. The first-order valence-corrected chi connectivity index (χ1v) is 12.0. The van der Waals surface area contributed by atoms with Crippen LogP contribution in [0.4, 0.5) is 15.8 Å². The number of carbonyl (C=O) groups is 2. The molecule has 0 bridgehead atoms. The van der Waals surface area contributed by atoms with Crippen molar-refractivity contribution in [2.24, 2.45) is 4.99 Å². The van der Waals surface area contributed by atoms with Crippen molar-refractivity contribution >= 4 is 29.0 Å². The Bertz CT molecular complexity index is 1270. The lowest BCUT2D eigenvalue weighted by Gasteiger charge is -2.15. The number of halogens is 1. The summed E-state index contributed by atoms with van der Waals surface area (Å²) in [6.07, 6.45) is 0.863. The summed E-state index contributed by atoms with van der Waals surface area (Å²) in [7, 11) is 4.03. The van der Waals surface area contributed by atoms with E-state index in [0.717, 1.165) is 28.9 Å². The Morgan fingerprint density at radius 3 is 2.39 bits per heavy atom. The second kappa shape index (κ2) is 11.3. The fourth-order valence-electron chi connectivity index (χ4n) is 4.30. The molecule has 1 aliphatic heterocycles. The van der Waals surface area contributed by atoms with Gasteiger partial charge in [-0.2, -0.15) is 0 Å². The molecule has 0 radical (unpaired) electrons. The van der Waals surface area contributed by atoms with Gasteiger partial charge in [0.15, 0.2) is 0 Å². The fraction of sp³-hybridized carbons (Fsp3) is 0.276. The number of nitrogens with one attached hydrogen (secondary N) is 1. The maximum absolute atomic E-state index is 13.8. The molecule has 1 unspecified atom stereocenters. The Hall–Kier alpha value is -3.84. The maximum Gasteiger partial charge on any atom is 0.306 e. The molecule has 1 aliphatic rings. The third kappa shape index (κ3) is 6.04. The van der Waals surface area contributed by atoms with Gasteiger partial charge in [0.05, 0.1) is 18.0 Å². The van der Waals surface area contributed by atoms with E-state index in [9.17, 15) is 14.0 Å². The Morgan fingerprint density at radius 2 is 1.72 bits per heavy atom. The summed E-state index contributed by atoms with van der Waals surface area (Å²) < 4.78 is 18.8.